The number of carbonyl (C=O) groups excluding carboxylic acids is 1. The zero-order valence-corrected chi connectivity index (χ0v) is 8.53. The van der Waals surface area contributed by atoms with Gasteiger partial charge < -0.3 is 9.47 Å². The smallest absolute Gasteiger partial charge is 0.339 e. The number of benzene rings is 1. The van der Waals surface area contributed by atoms with Crippen molar-refractivity contribution in [2.24, 2.45) is 0 Å². The van der Waals surface area contributed by atoms with E-state index in [1.54, 1.807) is 19.3 Å². The van der Waals surface area contributed by atoms with E-state index in [-0.39, 0.29) is 12.1 Å². The van der Waals surface area contributed by atoms with E-state index in [0.717, 1.165) is 5.56 Å². The lowest BCUT2D eigenvalue weighted by Gasteiger charge is -2.07. The van der Waals surface area contributed by atoms with Crippen molar-refractivity contribution in [3.8, 4) is 5.75 Å². The van der Waals surface area contributed by atoms with Crippen molar-refractivity contribution in [3.05, 3.63) is 42.0 Å². The third kappa shape index (κ3) is 1.61. The van der Waals surface area contributed by atoms with Crippen LogP contribution in [0.2, 0.25) is 0 Å². The van der Waals surface area contributed by atoms with Crippen molar-refractivity contribution in [2.75, 3.05) is 7.11 Å². The molecule has 1 aliphatic heterocycles. The van der Waals surface area contributed by atoms with Gasteiger partial charge in [0, 0.05) is 12.0 Å². The van der Waals surface area contributed by atoms with E-state index in [9.17, 15) is 4.79 Å². The normalized spacial score (nSPS) is 18.2. The summed E-state index contributed by atoms with van der Waals surface area (Å²) in [6.07, 6.45) is 2.21. The summed E-state index contributed by atoms with van der Waals surface area (Å²) in [6, 6.07) is 5.41. The zero-order chi connectivity index (χ0) is 10.8. The van der Waals surface area contributed by atoms with Gasteiger partial charge in [-0.3, -0.25) is 0 Å². The summed E-state index contributed by atoms with van der Waals surface area (Å²) in [5, 5.41) is 0. The number of esters is 1. The molecule has 0 fully saturated rings. The molecule has 0 N–H and O–H groups in total. The van der Waals surface area contributed by atoms with Gasteiger partial charge in [0.05, 0.1) is 12.7 Å². The number of hydrogen-bond acceptors (Lipinski definition) is 3. The van der Waals surface area contributed by atoms with Crippen LogP contribution in [0, 0.1) is 0 Å². The second-order valence-electron chi connectivity index (χ2n) is 3.37. The molecule has 0 saturated heterocycles. The van der Waals surface area contributed by atoms with Gasteiger partial charge in [0.15, 0.2) is 0 Å². The summed E-state index contributed by atoms with van der Waals surface area (Å²) in [7, 11) is 1.57. The Balaban J connectivity index is 2.40. The highest BCUT2D eigenvalue weighted by atomic mass is 16.5. The van der Waals surface area contributed by atoms with Crippen molar-refractivity contribution < 1.29 is 14.3 Å². The molecule has 15 heavy (non-hydrogen) atoms. The molecule has 78 valence electrons. The number of rotatable bonds is 3. The van der Waals surface area contributed by atoms with Gasteiger partial charge in [-0.05, 0) is 12.1 Å². The first-order valence-corrected chi connectivity index (χ1v) is 4.76. The maximum atomic E-state index is 11.5. The SMILES string of the molecule is C=CC[C@H]1OC(=O)c2cc(OC)ccc21. The van der Waals surface area contributed by atoms with E-state index < -0.39 is 0 Å². The summed E-state index contributed by atoms with van der Waals surface area (Å²) >= 11 is 0. The fourth-order valence-corrected chi connectivity index (χ4v) is 1.70. The number of hydrogen-bond donors (Lipinski definition) is 0. The van der Waals surface area contributed by atoms with Crippen molar-refractivity contribution >= 4 is 5.97 Å². The van der Waals surface area contributed by atoms with E-state index in [4.69, 9.17) is 9.47 Å². The van der Waals surface area contributed by atoms with Crippen LogP contribution in [-0.4, -0.2) is 13.1 Å². The third-order valence-corrected chi connectivity index (χ3v) is 2.46. The third-order valence-electron chi connectivity index (χ3n) is 2.46. The molecule has 2 rings (SSSR count). The van der Waals surface area contributed by atoms with Crippen LogP contribution >= 0.6 is 0 Å². The summed E-state index contributed by atoms with van der Waals surface area (Å²) in [6.45, 7) is 3.64. The van der Waals surface area contributed by atoms with Gasteiger partial charge >= 0.3 is 5.97 Å². The van der Waals surface area contributed by atoms with Crippen LogP contribution in [0.25, 0.3) is 0 Å². The highest BCUT2D eigenvalue weighted by molar-refractivity contribution is 5.94. The Labute approximate surface area is 88.3 Å². The van der Waals surface area contributed by atoms with Crippen LogP contribution < -0.4 is 4.74 Å². The molecule has 1 atom stereocenters. The van der Waals surface area contributed by atoms with Gasteiger partial charge in [-0.25, -0.2) is 4.79 Å². The number of carbonyl (C=O) groups is 1. The van der Waals surface area contributed by atoms with Gasteiger partial charge in [0.2, 0.25) is 0 Å². The molecular formula is C12H12O3. The Bertz CT molecular complexity index is 409. The van der Waals surface area contributed by atoms with Crippen LogP contribution in [-0.2, 0) is 4.74 Å². The van der Waals surface area contributed by atoms with Crippen LogP contribution in [0.1, 0.15) is 28.4 Å². The molecule has 0 saturated carbocycles. The highest BCUT2D eigenvalue weighted by Crippen LogP contribution is 2.35. The predicted octanol–water partition coefficient (Wildman–Crippen LogP) is 2.48. The second kappa shape index (κ2) is 3.77. The molecule has 0 spiro atoms. The number of methoxy groups -OCH3 is 1. The van der Waals surface area contributed by atoms with Crippen LogP contribution in [0.15, 0.2) is 30.9 Å². The summed E-state index contributed by atoms with van der Waals surface area (Å²) in [5.41, 5.74) is 1.52. The average molecular weight is 204 g/mol. The number of cyclic esters (lactones) is 1. The van der Waals surface area contributed by atoms with E-state index in [1.807, 2.05) is 12.1 Å². The predicted molar refractivity (Wildman–Crippen MR) is 56.0 cm³/mol. The Morgan fingerprint density at radius 1 is 1.60 bits per heavy atom. The first-order chi connectivity index (χ1) is 7.26. The Morgan fingerprint density at radius 2 is 2.40 bits per heavy atom. The van der Waals surface area contributed by atoms with E-state index in [2.05, 4.69) is 6.58 Å². The molecular weight excluding hydrogens is 192 g/mol. The fraction of sp³-hybridized carbons (Fsp3) is 0.250. The van der Waals surface area contributed by atoms with Crippen LogP contribution in [0.3, 0.4) is 0 Å². The van der Waals surface area contributed by atoms with Crippen molar-refractivity contribution in [3.63, 3.8) is 0 Å². The molecule has 0 aromatic heterocycles. The lowest BCUT2D eigenvalue weighted by atomic mass is 10.0. The van der Waals surface area contributed by atoms with Crippen LogP contribution in [0.5, 0.6) is 5.75 Å². The maximum absolute atomic E-state index is 11.5. The average Bonchev–Trinajstić information content (AvgIpc) is 2.56. The molecule has 0 unspecified atom stereocenters. The first-order valence-electron chi connectivity index (χ1n) is 4.76. The standard InChI is InChI=1S/C12H12O3/c1-3-4-11-9-6-5-8(14-2)7-10(9)12(13)15-11/h3,5-7,11H,1,4H2,2H3/t11-/m1/s1. The van der Waals surface area contributed by atoms with Gasteiger partial charge in [-0.2, -0.15) is 0 Å². The lowest BCUT2D eigenvalue weighted by molar-refractivity contribution is 0.0392. The van der Waals surface area contributed by atoms with E-state index in [1.165, 1.54) is 0 Å². The Morgan fingerprint density at radius 3 is 3.07 bits per heavy atom. The summed E-state index contributed by atoms with van der Waals surface area (Å²) < 4.78 is 10.3. The molecule has 1 aliphatic rings. The lowest BCUT2D eigenvalue weighted by Crippen LogP contribution is -1.96. The molecule has 1 heterocycles. The molecule has 0 bridgehead atoms. The van der Waals surface area contributed by atoms with Crippen LogP contribution in [0.4, 0.5) is 0 Å². The van der Waals surface area contributed by atoms with Gasteiger partial charge in [0.1, 0.15) is 11.9 Å². The quantitative estimate of drug-likeness (QED) is 0.560. The first kappa shape index (κ1) is 9.77. The molecule has 1 aromatic rings. The van der Waals surface area contributed by atoms with Gasteiger partial charge in [-0.1, -0.05) is 12.1 Å². The van der Waals surface area contributed by atoms with E-state index >= 15 is 0 Å². The Kier molecular flexibility index (Phi) is 2.46. The van der Waals surface area contributed by atoms with Gasteiger partial charge in [-0.15, -0.1) is 6.58 Å². The number of fused-ring (bicyclic) bond motifs is 1. The van der Waals surface area contributed by atoms with Crippen molar-refractivity contribution in [1.82, 2.24) is 0 Å². The molecule has 0 amide bonds. The second-order valence-corrected chi connectivity index (χ2v) is 3.37. The Hall–Kier alpha value is -1.77. The van der Waals surface area contributed by atoms with Crippen molar-refractivity contribution in [1.29, 1.82) is 0 Å². The highest BCUT2D eigenvalue weighted by Gasteiger charge is 2.30. The summed E-state index contributed by atoms with van der Waals surface area (Å²) in [4.78, 5) is 11.5. The molecule has 3 nitrogen and oxygen atoms in total. The largest absolute Gasteiger partial charge is 0.497 e. The van der Waals surface area contributed by atoms with Gasteiger partial charge in [0.25, 0.3) is 0 Å². The maximum Gasteiger partial charge on any atom is 0.339 e. The minimum absolute atomic E-state index is 0.184. The molecule has 1 aromatic carbocycles. The minimum Gasteiger partial charge on any atom is -0.497 e. The van der Waals surface area contributed by atoms with Crippen molar-refractivity contribution in [2.45, 2.75) is 12.5 Å². The molecule has 0 aliphatic carbocycles. The monoisotopic (exact) mass is 204 g/mol. The van der Waals surface area contributed by atoms with E-state index in [0.29, 0.717) is 17.7 Å². The topological polar surface area (TPSA) is 35.5 Å². The minimum atomic E-state index is -0.282. The summed E-state index contributed by atoms with van der Waals surface area (Å²) in [5.74, 6) is 0.390. The fourth-order valence-electron chi connectivity index (χ4n) is 1.70. The number of ether oxygens (including phenoxy) is 2. The molecule has 3 heteroatoms. The molecule has 0 radical (unpaired) electrons. The zero-order valence-electron chi connectivity index (χ0n) is 8.53.